The van der Waals surface area contributed by atoms with Gasteiger partial charge in [0.05, 0.1) is 13.2 Å². The zero-order valence-corrected chi connectivity index (χ0v) is 8.61. The summed E-state index contributed by atoms with van der Waals surface area (Å²) in [7, 11) is 0. The van der Waals surface area contributed by atoms with Crippen molar-refractivity contribution in [2.24, 2.45) is 0 Å². The third-order valence-electron chi connectivity index (χ3n) is 2.22. The number of thiol groups is 1. The van der Waals surface area contributed by atoms with Crippen molar-refractivity contribution in [2.75, 3.05) is 19.0 Å². The Bertz CT molecular complexity index is 122. The zero-order valence-electron chi connectivity index (χ0n) is 7.71. The summed E-state index contributed by atoms with van der Waals surface area (Å²) in [5.74, 6) is 0.328. The van der Waals surface area contributed by atoms with Crippen molar-refractivity contribution in [3.05, 3.63) is 0 Å². The summed E-state index contributed by atoms with van der Waals surface area (Å²) in [6.45, 7) is 3.66. The van der Waals surface area contributed by atoms with Gasteiger partial charge >= 0.3 is 0 Å². The Hall–Kier alpha value is 0.270. The summed E-state index contributed by atoms with van der Waals surface area (Å²) in [6, 6.07) is 0. The third-order valence-corrected chi connectivity index (χ3v) is 2.70. The number of ether oxygens (including phenoxy) is 2. The van der Waals surface area contributed by atoms with Crippen molar-refractivity contribution >= 4 is 12.6 Å². The molecule has 0 aromatic heterocycles. The molecule has 1 rings (SSSR count). The Kier molecular flexibility index (Phi) is 4.40. The number of hydrogen-bond acceptors (Lipinski definition) is 3. The highest BCUT2D eigenvalue weighted by atomic mass is 32.1. The predicted octanol–water partition coefficient (Wildman–Crippen LogP) is 2.24. The smallest absolute Gasteiger partial charge is 0.177 e. The average molecular weight is 190 g/mol. The first-order chi connectivity index (χ1) is 5.83. The van der Waals surface area contributed by atoms with E-state index in [1.807, 2.05) is 0 Å². The van der Waals surface area contributed by atoms with Crippen molar-refractivity contribution < 1.29 is 9.47 Å². The summed E-state index contributed by atoms with van der Waals surface area (Å²) in [5.41, 5.74) is 0. The van der Waals surface area contributed by atoms with Gasteiger partial charge in [-0.3, -0.25) is 0 Å². The van der Waals surface area contributed by atoms with Gasteiger partial charge in [0.2, 0.25) is 0 Å². The van der Waals surface area contributed by atoms with Crippen LogP contribution in [0.4, 0.5) is 0 Å². The molecule has 0 saturated carbocycles. The molecule has 0 atom stereocenters. The summed E-state index contributed by atoms with van der Waals surface area (Å²) in [4.78, 5) is 0. The van der Waals surface area contributed by atoms with Crippen molar-refractivity contribution in [1.82, 2.24) is 0 Å². The van der Waals surface area contributed by atoms with E-state index >= 15 is 0 Å². The minimum atomic E-state index is -0.349. The van der Waals surface area contributed by atoms with Gasteiger partial charge in [-0.1, -0.05) is 19.8 Å². The van der Waals surface area contributed by atoms with Gasteiger partial charge in [0.25, 0.3) is 0 Å². The lowest BCUT2D eigenvalue weighted by Gasteiger charge is -2.25. The first-order valence-electron chi connectivity index (χ1n) is 4.72. The standard InChI is InChI=1S/C9H18O2S/c1-2-3-4-5-9(8-12)10-6-7-11-9/h12H,2-8H2,1H3. The summed E-state index contributed by atoms with van der Waals surface area (Å²) in [5, 5.41) is 0. The molecular formula is C9H18O2S. The maximum atomic E-state index is 5.54. The van der Waals surface area contributed by atoms with Crippen molar-refractivity contribution in [3.63, 3.8) is 0 Å². The maximum absolute atomic E-state index is 5.54. The van der Waals surface area contributed by atoms with E-state index in [1.165, 1.54) is 19.3 Å². The van der Waals surface area contributed by atoms with Gasteiger partial charge in [-0.25, -0.2) is 0 Å². The molecule has 0 unspecified atom stereocenters. The fourth-order valence-electron chi connectivity index (χ4n) is 1.46. The van der Waals surface area contributed by atoms with Crippen LogP contribution >= 0.6 is 12.6 Å². The molecule has 0 aromatic carbocycles. The number of unbranched alkanes of at least 4 members (excludes halogenated alkanes) is 2. The van der Waals surface area contributed by atoms with Crippen LogP contribution in [-0.4, -0.2) is 24.8 Å². The van der Waals surface area contributed by atoms with E-state index in [4.69, 9.17) is 9.47 Å². The van der Waals surface area contributed by atoms with Gasteiger partial charge in [0, 0.05) is 12.2 Å². The highest BCUT2D eigenvalue weighted by Crippen LogP contribution is 2.26. The molecule has 1 aliphatic heterocycles. The molecular weight excluding hydrogens is 172 g/mol. The van der Waals surface area contributed by atoms with E-state index in [1.54, 1.807) is 0 Å². The molecule has 0 radical (unpaired) electrons. The maximum Gasteiger partial charge on any atom is 0.177 e. The van der Waals surface area contributed by atoms with Crippen LogP contribution in [0.1, 0.15) is 32.6 Å². The lowest BCUT2D eigenvalue weighted by molar-refractivity contribution is -0.143. The molecule has 0 aliphatic carbocycles. The predicted molar refractivity (Wildman–Crippen MR) is 52.6 cm³/mol. The molecule has 1 saturated heterocycles. The van der Waals surface area contributed by atoms with Crippen molar-refractivity contribution in [3.8, 4) is 0 Å². The van der Waals surface area contributed by atoms with Crippen LogP contribution < -0.4 is 0 Å². The molecule has 1 heterocycles. The minimum Gasteiger partial charge on any atom is -0.347 e. The summed E-state index contributed by atoms with van der Waals surface area (Å²) < 4.78 is 11.1. The SMILES string of the molecule is CCCCCC1(CS)OCCO1. The highest BCUT2D eigenvalue weighted by Gasteiger charge is 2.34. The van der Waals surface area contributed by atoms with Gasteiger partial charge in [-0.05, 0) is 6.42 Å². The molecule has 0 spiro atoms. The van der Waals surface area contributed by atoms with Crippen LogP contribution in [0.2, 0.25) is 0 Å². The molecule has 1 fully saturated rings. The highest BCUT2D eigenvalue weighted by molar-refractivity contribution is 7.80. The fourth-order valence-corrected chi connectivity index (χ4v) is 1.80. The van der Waals surface area contributed by atoms with E-state index in [-0.39, 0.29) is 5.79 Å². The van der Waals surface area contributed by atoms with Crippen molar-refractivity contribution in [1.29, 1.82) is 0 Å². The van der Waals surface area contributed by atoms with E-state index in [0.717, 1.165) is 19.6 Å². The second kappa shape index (κ2) is 5.10. The van der Waals surface area contributed by atoms with Crippen LogP contribution in [-0.2, 0) is 9.47 Å². The zero-order chi connectivity index (χ0) is 8.86. The van der Waals surface area contributed by atoms with Gasteiger partial charge in [0.15, 0.2) is 5.79 Å². The summed E-state index contributed by atoms with van der Waals surface area (Å²) >= 11 is 4.25. The first kappa shape index (κ1) is 10.4. The number of hydrogen-bond donors (Lipinski definition) is 1. The van der Waals surface area contributed by atoms with Gasteiger partial charge < -0.3 is 9.47 Å². The topological polar surface area (TPSA) is 18.5 Å². The Labute approximate surface area is 80.0 Å². The fraction of sp³-hybridized carbons (Fsp3) is 1.00. The van der Waals surface area contributed by atoms with E-state index in [2.05, 4.69) is 19.6 Å². The normalized spacial score (nSPS) is 21.5. The Balaban J connectivity index is 2.24. The molecule has 0 N–H and O–H groups in total. The largest absolute Gasteiger partial charge is 0.347 e. The second-order valence-corrected chi connectivity index (χ2v) is 3.54. The summed E-state index contributed by atoms with van der Waals surface area (Å²) in [6.07, 6.45) is 4.66. The molecule has 72 valence electrons. The Morgan fingerprint density at radius 3 is 2.42 bits per heavy atom. The Morgan fingerprint density at radius 1 is 1.25 bits per heavy atom. The van der Waals surface area contributed by atoms with Crippen LogP contribution in [0.3, 0.4) is 0 Å². The van der Waals surface area contributed by atoms with Gasteiger partial charge in [-0.2, -0.15) is 12.6 Å². The molecule has 2 nitrogen and oxygen atoms in total. The molecule has 3 heteroatoms. The van der Waals surface area contributed by atoms with Crippen LogP contribution in [0.5, 0.6) is 0 Å². The molecule has 0 amide bonds. The molecule has 1 aliphatic rings. The van der Waals surface area contributed by atoms with Crippen LogP contribution in [0.15, 0.2) is 0 Å². The second-order valence-electron chi connectivity index (χ2n) is 3.22. The lowest BCUT2D eigenvalue weighted by Crippen LogP contribution is -2.32. The Morgan fingerprint density at radius 2 is 1.92 bits per heavy atom. The lowest BCUT2D eigenvalue weighted by atomic mass is 10.1. The van der Waals surface area contributed by atoms with Crippen LogP contribution in [0.25, 0.3) is 0 Å². The average Bonchev–Trinajstić information content (AvgIpc) is 2.55. The molecule has 0 aromatic rings. The van der Waals surface area contributed by atoms with E-state index in [0.29, 0.717) is 5.75 Å². The number of rotatable bonds is 5. The molecule has 0 bridgehead atoms. The monoisotopic (exact) mass is 190 g/mol. The first-order valence-corrected chi connectivity index (χ1v) is 5.35. The quantitative estimate of drug-likeness (QED) is 0.529. The molecule has 12 heavy (non-hydrogen) atoms. The van der Waals surface area contributed by atoms with Crippen molar-refractivity contribution in [2.45, 2.75) is 38.4 Å². The minimum absolute atomic E-state index is 0.349. The van der Waals surface area contributed by atoms with E-state index < -0.39 is 0 Å². The van der Waals surface area contributed by atoms with Gasteiger partial charge in [0.1, 0.15) is 0 Å². The third kappa shape index (κ3) is 2.64. The van der Waals surface area contributed by atoms with E-state index in [9.17, 15) is 0 Å². The van der Waals surface area contributed by atoms with Gasteiger partial charge in [-0.15, -0.1) is 0 Å². The van der Waals surface area contributed by atoms with Crippen LogP contribution in [0, 0.1) is 0 Å².